The largest absolute Gasteiger partial charge is 0.494 e. The van der Waals surface area contributed by atoms with Gasteiger partial charge >= 0.3 is 5.97 Å². The minimum Gasteiger partial charge on any atom is -0.494 e. The Labute approximate surface area is 161 Å². The summed E-state index contributed by atoms with van der Waals surface area (Å²) in [4.78, 5) is 51.2. The number of rotatable bonds is 5. The Kier molecular flexibility index (Phi) is 5.62. The molecule has 2 aliphatic heterocycles. The van der Waals surface area contributed by atoms with E-state index < -0.39 is 29.6 Å². The molecule has 9 heteroatoms. The first kappa shape index (κ1) is 19.4. The Hall–Kier alpha value is -3.36. The van der Waals surface area contributed by atoms with Crippen LogP contribution in [0, 0.1) is 0 Å². The van der Waals surface area contributed by atoms with Gasteiger partial charge < -0.3 is 25.0 Å². The normalized spacial score (nSPS) is 18.9. The predicted molar refractivity (Wildman–Crippen MR) is 98.4 cm³/mol. The highest BCUT2D eigenvalue weighted by molar-refractivity contribution is 6.24. The van der Waals surface area contributed by atoms with Crippen LogP contribution >= 0.6 is 0 Å². The van der Waals surface area contributed by atoms with Crippen LogP contribution in [0.2, 0.25) is 0 Å². The Bertz CT molecular complexity index is 846. The summed E-state index contributed by atoms with van der Waals surface area (Å²) in [6.45, 7) is 3.01. The summed E-state index contributed by atoms with van der Waals surface area (Å²) in [6.07, 6.45) is -0.218. The van der Waals surface area contributed by atoms with Crippen LogP contribution in [0.5, 0.6) is 5.75 Å². The first-order chi connectivity index (χ1) is 13.5. The number of nitrogens with one attached hydrogen (secondary N) is 2. The van der Waals surface area contributed by atoms with Gasteiger partial charge in [0.2, 0.25) is 5.91 Å². The minimum absolute atomic E-state index is 0.110. The monoisotopic (exact) mass is 387 g/mol. The van der Waals surface area contributed by atoms with Gasteiger partial charge in [-0.2, -0.15) is 0 Å². The molecule has 0 radical (unpaired) electrons. The molecule has 2 aliphatic rings. The molecule has 28 heavy (non-hydrogen) atoms. The van der Waals surface area contributed by atoms with E-state index in [0.29, 0.717) is 31.1 Å². The average Bonchev–Trinajstić information content (AvgIpc) is 2.69. The van der Waals surface area contributed by atoms with E-state index in [4.69, 9.17) is 4.74 Å². The van der Waals surface area contributed by atoms with Crippen molar-refractivity contribution < 1.29 is 28.7 Å². The van der Waals surface area contributed by atoms with Gasteiger partial charge in [-0.25, -0.2) is 4.79 Å². The first-order valence-corrected chi connectivity index (χ1v) is 8.90. The molecule has 1 fully saturated rings. The number of anilines is 1. The second kappa shape index (κ2) is 8.12. The number of hydrogen-bond donors (Lipinski definition) is 2. The number of esters is 1. The SMILES string of the molecule is CCOc1ccc(NC(=O)[C@H]2CC(=O)C(C(=O)OC)=C3C(=O)NCCN32)cc1. The van der Waals surface area contributed by atoms with Crippen molar-refractivity contribution in [1.82, 2.24) is 10.2 Å². The molecule has 0 aromatic heterocycles. The number of ketones is 1. The first-order valence-electron chi connectivity index (χ1n) is 8.90. The fourth-order valence-electron chi connectivity index (χ4n) is 3.28. The van der Waals surface area contributed by atoms with Gasteiger partial charge in [0.15, 0.2) is 5.78 Å². The minimum atomic E-state index is -0.895. The van der Waals surface area contributed by atoms with Crippen molar-refractivity contribution in [1.29, 1.82) is 0 Å². The number of benzene rings is 1. The zero-order chi connectivity index (χ0) is 20.3. The van der Waals surface area contributed by atoms with E-state index in [1.807, 2.05) is 6.92 Å². The molecule has 2 N–H and O–H groups in total. The van der Waals surface area contributed by atoms with Gasteiger partial charge in [-0.1, -0.05) is 0 Å². The molecule has 9 nitrogen and oxygen atoms in total. The highest BCUT2D eigenvalue weighted by atomic mass is 16.5. The van der Waals surface area contributed by atoms with Gasteiger partial charge in [-0.15, -0.1) is 0 Å². The number of fused-ring (bicyclic) bond motifs is 1. The van der Waals surface area contributed by atoms with Crippen LogP contribution in [0.3, 0.4) is 0 Å². The second-order valence-corrected chi connectivity index (χ2v) is 6.25. The van der Waals surface area contributed by atoms with E-state index in [9.17, 15) is 19.2 Å². The lowest BCUT2D eigenvalue weighted by atomic mass is 9.92. The summed E-state index contributed by atoms with van der Waals surface area (Å²) >= 11 is 0. The molecule has 148 valence electrons. The number of carbonyl (C=O) groups excluding carboxylic acids is 4. The average molecular weight is 387 g/mol. The van der Waals surface area contributed by atoms with E-state index in [2.05, 4.69) is 15.4 Å². The molecule has 1 atom stereocenters. The lowest BCUT2D eigenvalue weighted by Crippen LogP contribution is -2.57. The van der Waals surface area contributed by atoms with E-state index in [-0.39, 0.29) is 17.7 Å². The second-order valence-electron chi connectivity index (χ2n) is 6.25. The van der Waals surface area contributed by atoms with Crippen LogP contribution in [0.1, 0.15) is 13.3 Å². The zero-order valence-electron chi connectivity index (χ0n) is 15.6. The maximum absolute atomic E-state index is 12.8. The van der Waals surface area contributed by atoms with Crippen molar-refractivity contribution in [3.63, 3.8) is 0 Å². The van der Waals surface area contributed by atoms with Gasteiger partial charge in [0, 0.05) is 25.2 Å². The molecule has 0 unspecified atom stereocenters. The highest BCUT2D eigenvalue weighted by Gasteiger charge is 2.44. The molecule has 2 heterocycles. The number of nitrogens with zero attached hydrogens (tertiary/aromatic N) is 1. The van der Waals surface area contributed by atoms with Crippen molar-refractivity contribution >= 4 is 29.3 Å². The summed E-state index contributed by atoms with van der Waals surface area (Å²) in [7, 11) is 1.14. The quantitative estimate of drug-likeness (QED) is 0.549. The highest BCUT2D eigenvalue weighted by Crippen LogP contribution is 2.28. The molecule has 1 aromatic carbocycles. The van der Waals surface area contributed by atoms with E-state index >= 15 is 0 Å². The number of hydrogen-bond acceptors (Lipinski definition) is 7. The maximum atomic E-state index is 12.8. The van der Waals surface area contributed by atoms with Gasteiger partial charge in [0.25, 0.3) is 5.91 Å². The molecule has 0 bridgehead atoms. The van der Waals surface area contributed by atoms with Gasteiger partial charge in [0.1, 0.15) is 23.1 Å². The number of carbonyl (C=O) groups is 4. The van der Waals surface area contributed by atoms with Crippen LogP contribution in [0.4, 0.5) is 5.69 Å². The fraction of sp³-hybridized carbons (Fsp3) is 0.368. The van der Waals surface area contributed by atoms with Crippen LogP contribution in [0.15, 0.2) is 35.5 Å². The Morgan fingerprint density at radius 2 is 1.96 bits per heavy atom. The summed E-state index contributed by atoms with van der Waals surface area (Å²) in [5.41, 5.74) is 0.109. The maximum Gasteiger partial charge on any atom is 0.343 e. The van der Waals surface area contributed by atoms with E-state index in [0.717, 1.165) is 7.11 Å². The standard InChI is InChI=1S/C19H21N3O6/c1-3-28-12-6-4-11(5-7-12)21-17(24)13-10-14(23)15(19(26)27-2)16-18(25)20-8-9-22(13)16/h4-7,13H,3,8-10H2,1-2H3,(H,20,25)(H,21,24)/t13-/m1/s1. The van der Waals surface area contributed by atoms with Crippen LogP contribution < -0.4 is 15.4 Å². The molecule has 2 amide bonds. The third kappa shape index (κ3) is 3.68. The summed E-state index contributed by atoms with van der Waals surface area (Å²) in [5, 5.41) is 5.34. The molecule has 1 aromatic rings. The van der Waals surface area contributed by atoms with Gasteiger partial charge in [-0.05, 0) is 31.2 Å². The van der Waals surface area contributed by atoms with Gasteiger partial charge in [0.05, 0.1) is 13.7 Å². The van der Waals surface area contributed by atoms with Crippen LogP contribution in [0.25, 0.3) is 0 Å². The predicted octanol–water partition coefficient (Wildman–Crippen LogP) is 0.224. The fourth-order valence-corrected chi connectivity index (χ4v) is 3.28. The lowest BCUT2D eigenvalue weighted by molar-refractivity contribution is -0.141. The number of amides is 2. The topological polar surface area (TPSA) is 114 Å². The molecule has 0 aliphatic carbocycles. The molecular weight excluding hydrogens is 366 g/mol. The number of ether oxygens (including phenoxy) is 2. The van der Waals surface area contributed by atoms with Crippen LogP contribution in [-0.2, 0) is 23.9 Å². The summed E-state index contributed by atoms with van der Waals surface area (Å²) in [6, 6.07) is 5.93. The molecule has 1 saturated heterocycles. The Morgan fingerprint density at radius 3 is 2.61 bits per heavy atom. The molecule has 0 spiro atoms. The van der Waals surface area contributed by atoms with Crippen molar-refractivity contribution in [2.24, 2.45) is 0 Å². The number of methoxy groups -OCH3 is 1. The summed E-state index contributed by atoms with van der Waals surface area (Å²) in [5.74, 6) is -1.81. The van der Waals surface area contributed by atoms with E-state index in [1.54, 1.807) is 24.3 Å². The van der Waals surface area contributed by atoms with E-state index in [1.165, 1.54) is 4.90 Å². The lowest BCUT2D eigenvalue weighted by Gasteiger charge is -2.40. The smallest absolute Gasteiger partial charge is 0.343 e. The van der Waals surface area contributed by atoms with Gasteiger partial charge in [-0.3, -0.25) is 14.4 Å². The third-order valence-electron chi connectivity index (χ3n) is 4.54. The van der Waals surface area contributed by atoms with Crippen LogP contribution in [-0.4, -0.2) is 61.3 Å². The number of piperazine rings is 1. The molecular formula is C19H21N3O6. The molecule has 3 rings (SSSR count). The number of Topliss-reactive ketones (excluding diaryl/α,β-unsaturated/α-hetero) is 1. The molecule has 0 saturated carbocycles. The van der Waals surface area contributed by atoms with Crippen molar-refractivity contribution in [2.75, 3.05) is 32.1 Å². The summed E-state index contributed by atoms with van der Waals surface area (Å²) < 4.78 is 10.0. The Morgan fingerprint density at radius 1 is 1.25 bits per heavy atom. The third-order valence-corrected chi connectivity index (χ3v) is 4.54. The van der Waals surface area contributed by atoms with Crippen molar-refractivity contribution in [2.45, 2.75) is 19.4 Å². The zero-order valence-corrected chi connectivity index (χ0v) is 15.6. The van der Waals surface area contributed by atoms with Crippen molar-refractivity contribution in [3.05, 3.63) is 35.5 Å². The Balaban J connectivity index is 1.85. The van der Waals surface area contributed by atoms with Crippen molar-refractivity contribution in [3.8, 4) is 5.75 Å².